The average Bonchev–Trinajstić information content (AvgIpc) is 2.80. The van der Waals surface area contributed by atoms with E-state index >= 15 is 0 Å². The summed E-state index contributed by atoms with van der Waals surface area (Å²) in [5, 5.41) is 8.91. The summed E-state index contributed by atoms with van der Waals surface area (Å²) in [5.41, 5.74) is 0.953. The smallest absolute Gasteiger partial charge is 0.307 e. The number of carbonyl (C=O) groups is 1. The summed E-state index contributed by atoms with van der Waals surface area (Å²) in [6.45, 7) is 2.01. The molecule has 2 rings (SSSR count). The fraction of sp³-hybridized carbons (Fsp3) is 0.364. The van der Waals surface area contributed by atoms with Crippen LogP contribution in [0.25, 0.3) is 0 Å². The Balaban J connectivity index is 2.30. The van der Waals surface area contributed by atoms with Gasteiger partial charge in [0.05, 0.1) is 5.92 Å². The number of aliphatic carboxylic acids is 1. The largest absolute Gasteiger partial charge is 0.481 e. The third-order valence-corrected chi connectivity index (χ3v) is 3.51. The lowest BCUT2D eigenvalue weighted by atomic mass is 9.96. The second-order valence-corrected chi connectivity index (χ2v) is 4.94. The zero-order valence-corrected chi connectivity index (χ0v) is 9.41. The van der Waals surface area contributed by atoms with Crippen molar-refractivity contribution >= 4 is 21.9 Å². The quantitative estimate of drug-likeness (QED) is 0.882. The minimum Gasteiger partial charge on any atom is -0.481 e. The molecule has 1 aromatic rings. The van der Waals surface area contributed by atoms with Crippen molar-refractivity contribution in [1.82, 2.24) is 0 Å². The predicted molar refractivity (Wildman–Crippen MR) is 57.2 cm³/mol. The van der Waals surface area contributed by atoms with Crippen LogP contribution in [0.4, 0.5) is 0 Å². The van der Waals surface area contributed by atoms with Gasteiger partial charge in [0.1, 0.15) is 0 Å². The van der Waals surface area contributed by atoms with Gasteiger partial charge in [-0.2, -0.15) is 0 Å². The van der Waals surface area contributed by atoms with Gasteiger partial charge in [0.25, 0.3) is 0 Å². The van der Waals surface area contributed by atoms with E-state index in [0.717, 1.165) is 16.5 Å². The van der Waals surface area contributed by atoms with Crippen LogP contribution < -0.4 is 0 Å². The van der Waals surface area contributed by atoms with E-state index in [2.05, 4.69) is 15.9 Å². The maximum absolute atomic E-state index is 10.8. The molecule has 2 atom stereocenters. The predicted octanol–water partition coefficient (Wildman–Crippen LogP) is 2.81. The molecule has 2 nitrogen and oxygen atoms in total. The minimum atomic E-state index is -0.688. The molecule has 0 saturated heterocycles. The molecule has 0 bridgehead atoms. The van der Waals surface area contributed by atoms with Crippen LogP contribution in [0.1, 0.15) is 18.9 Å². The third-order valence-electron chi connectivity index (χ3n) is 3.02. The Morgan fingerprint density at radius 2 is 2.36 bits per heavy atom. The van der Waals surface area contributed by atoms with Crippen molar-refractivity contribution in [3.63, 3.8) is 0 Å². The third kappa shape index (κ3) is 1.46. The zero-order chi connectivity index (χ0) is 10.3. The van der Waals surface area contributed by atoms with Crippen LogP contribution in [0.5, 0.6) is 0 Å². The van der Waals surface area contributed by atoms with Crippen LogP contribution in [0.15, 0.2) is 28.7 Å². The summed E-state index contributed by atoms with van der Waals surface area (Å²) in [6.07, 6.45) is 0.749. The van der Waals surface area contributed by atoms with E-state index in [0.29, 0.717) is 0 Å². The van der Waals surface area contributed by atoms with Gasteiger partial charge in [0.15, 0.2) is 0 Å². The van der Waals surface area contributed by atoms with Gasteiger partial charge in [0.2, 0.25) is 0 Å². The molecule has 0 aliphatic heterocycles. The molecule has 0 unspecified atom stereocenters. The van der Waals surface area contributed by atoms with Gasteiger partial charge < -0.3 is 5.11 Å². The highest BCUT2D eigenvalue weighted by atomic mass is 79.9. The summed E-state index contributed by atoms with van der Waals surface area (Å²) >= 11 is 3.39. The van der Waals surface area contributed by atoms with Crippen LogP contribution in [0.3, 0.4) is 0 Å². The molecule has 1 aliphatic rings. The van der Waals surface area contributed by atoms with E-state index < -0.39 is 5.97 Å². The number of halogens is 1. The summed E-state index contributed by atoms with van der Waals surface area (Å²) in [5.74, 6) is -0.899. The molecule has 1 saturated carbocycles. The first-order valence-corrected chi connectivity index (χ1v) is 5.32. The van der Waals surface area contributed by atoms with E-state index in [1.165, 1.54) is 0 Å². The number of hydrogen-bond acceptors (Lipinski definition) is 1. The molecule has 74 valence electrons. The van der Waals surface area contributed by atoms with Gasteiger partial charge in [-0.3, -0.25) is 4.79 Å². The Morgan fingerprint density at radius 1 is 1.64 bits per heavy atom. The molecule has 14 heavy (non-hydrogen) atoms. The first kappa shape index (κ1) is 9.71. The summed E-state index contributed by atoms with van der Waals surface area (Å²) in [7, 11) is 0. The van der Waals surface area contributed by atoms with Crippen LogP contribution in [-0.2, 0) is 10.2 Å². The Labute approximate surface area is 91.1 Å². The number of rotatable bonds is 2. The van der Waals surface area contributed by atoms with Gasteiger partial charge >= 0.3 is 5.97 Å². The van der Waals surface area contributed by atoms with Crippen molar-refractivity contribution in [2.24, 2.45) is 5.92 Å². The van der Waals surface area contributed by atoms with Gasteiger partial charge in [-0.25, -0.2) is 0 Å². The normalized spacial score (nSPS) is 30.0. The standard InChI is InChI=1S/C11H11BrO2/c1-11(6-9(11)10(13)14)7-3-2-4-8(12)5-7/h2-5,9H,6H2,1H3,(H,13,14)/t9-,11+/m0/s1. The zero-order valence-electron chi connectivity index (χ0n) is 7.83. The van der Waals surface area contributed by atoms with E-state index in [-0.39, 0.29) is 11.3 Å². The first-order chi connectivity index (χ1) is 6.54. The summed E-state index contributed by atoms with van der Waals surface area (Å²) < 4.78 is 1.01. The fourth-order valence-electron chi connectivity index (χ4n) is 1.89. The number of carboxylic acids is 1. The fourth-order valence-corrected chi connectivity index (χ4v) is 2.29. The average molecular weight is 255 g/mol. The first-order valence-electron chi connectivity index (χ1n) is 4.53. The lowest BCUT2D eigenvalue weighted by Crippen LogP contribution is -2.10. The molecule has 1 aliphatic carbocycles. The second kappa shape index (κ2) is 3.09. The van der Waals surface area contributed by atoms with Crippen LogP contribution in [0, 0.1) is 5.92 Å². The lowest BCUT2D eigenvalue weighted by molar-refractivity contribution is -0.138. The Bertz CT molecular complexity index is 389. The number of benzene rings is 1. The topological polar surface area (TPSA) is 37.3 Å². The highest BCUT2D eigenvalue weighted by Crippen LogP contribution is 2.54. The molecule has 0 heterocycles. The molecule has 1 N–H and O–H groups in total. The van der Waals surface area contributed by atoms with Gasteiger partial charge in [-0.05, 0) is 24.1 Å². The molecule has 1 aromatic carbocycles. The SMILES string of the molecule is C[C@]1(c2cccc(Br)c2)C[C@H]1C(=O)O. The maximum Gasteiger partial charge on any atom is 0.307 e. The molecule has 0 spiro atoms. The van der Waals surface area contributed by atoms with E-state index in [1.807, 2.05) is 31.2 Å². The van der Waals surface area contributed by atoms with E-state index in [4.69, 9.17) is 5.11 Å². The Morgan fingerprint density at radius 3 is 2.86 bits per heavy atom. The van der Waals surface area contributed by atoms with Crippen LogP contribution in [0.2, 0.25) is 0 Å². The number of hydrogen-bond donors (Lipinski definition) is 1. The minimum absolute atomic E-state index is 0.157. The van der Waals surface area contributed by atoms with Crippen molar-refractivity contribution in [1.29, 1.82) is 0 Å². The molecule has 1 fully saturated rings. The Hall–Kier alpha value is -0.830. The van der Waals surface area contributed by atoms with Gasteiger partial charge in [0, 0.05) is 9.89 Å². The van der Waals surface area contributed by atoms with E-state index in [1.54, 1.807) is 0 Å². The molecule has 0 aromatic heterocycles. The van der Waals surface area contributed by atoms with Gasteiger partial charge in [-0.1, -0.05) is 35.0 Å². The number of carboxylic acid groups (broad SMARTS) is 1. The highest BCUT2D eigenvalue weighted by molar-refractivity contribution is 9.10. The van der Waals surface area contributed by atoms with Crippen molar-refractivity contribution in [2.45, 2.75) is 18.8 Å². The van der Waals surface area contributed by atoms with Crippen molar-refractivity contribution in [2.75, 3.05) is 0 Å². The van der Waals surface area contributed by atoms with Crippen LogP contribution >= 0.6 is 15.9 Å². The van der Waals surface area contributed by atoms with Crippen LogP contribution in [-0.4, -0.2) is 11.1 Å². The molecular weight excluding hydrogens is 244 g/mol. The van der Waals surface area contributed by atoms with Crippen molar-refractivity contribution < 1.29 is 9.90 Å². The molecular formula is C11H11BrO2. The van der Waals surface area contributed by atoms with Crippen molar-refractivity contribution in [3.05, 3.63) is 34.3 Å². The molecule has 0 radical (unpaired) electrons. The lowest BCUT2D eigenvalue weighted by Gasteiger charge is -2.10. The van der Waals surface area contributed by atoms with Crippen molar-refractivity contribution in [3.8, 4) is 0 Å². The second-order valence-electron chi connectivity index (χ2n) is 4.02. The van der Waals surface area contributed by atoms with E-state index in [9.17, 15) is 4.79 Å². The maximum atomic E-state index is 10.8. The molecule has 3 heteroatoms. The highest BCUT2D eigenvalue weighted by Gasteiger charge is 2.55. The monoisotopic (exact) mass is 254 g/mol. The van der Waals surface area contributed by atoms with Gasteiger partial charge in [-0.15, -0.1) is 0 Å². The molecule has 0 amide bonds. The Kier molecular flexibility index (Phi) is 2.14. The summed E-state index contributed by atoms with van der Waals surface area (Å²) in [4.78, 5) is 10.8. The summed E-state index contributed by atoms with van der Waals surface area (Å²) in [6, 6.07) is 7.89.